The minimum absolute atomic E-state index is 0.0638. The number of aromatic nitrogens is 1. The van der Waals surface area contributed by atoms with Crippen LogP contribution in [0.15, 0.2) is 18.2 Å². The minimum atomic E-state index is -4.58. The Balaban J connectivity index is 1.73. The Morgan fingerprint density at radius 1 is 1.19 bits per heavy atom. The molecule has 0 bridgehead atoms. The van der Waals surface area contributed by atoms with E-state index in [4.69, 9.17) is 0 Å². The quantitative estimate of drug-likeness (QED) is 0.730. The van der Waals surface area contributed by atoms with Crippen LogP contribution in [0.3, 0.4) is 0 Å². The minimum Gasteiger partial charge on any atom is -0.440 e. The van der Waals surface area contributed by atoms with Gasteiger partial charge in [0.1, 0.15) is 0 Å². The highest BCUT2D eigenvalue weighted by atomic mass is 19.4. The van der Waals surface area contributed by atoms with Crippen LogP contribution in [0.2, 0.25) is 0 Å². The van der Waals surface area contributed by atoms with Crippen LogP contribution >= 0.6 is 0 Å². The van der Waals surface area contributed by atoms with Crippen LogP contribution in [0, 0.1) is 13.8 Å². The van der Waals surface area contributed by atoms with Gasteiger partial charge in [-0.25, -0.2) is 4.79 Å². The topological polar surface area (TPSA) is 83.2 Å². The van der Waals surface area contributed by atoms with Gasteiger partial charge in [-0.1, -0.05) is 6.07 Å². The summed E-state index contributed by atoms with van der Waals surface area (Å²) >= 11 is 0. The van der Waals surface area contributed by atoms with E-state index < -0.39 is 18.9 Å². The van der Waals surface area contributed by atoms with E-state index in [-0.39, 0.29) is 18.9 Å². The molecule has 1 aromatic carbocycles. The van der Waals surface area contributed by atoms with Crippen molar-refractivity contribution in [3.63, 3.8) is 0 Å². The van der Waals surface area contributed by atoms with Crippen LogP contribution in [-0.2, 0) is 16.1 Å². The molecule has 0 spiro atoms. The van der Waals surface area contributed by atoms with Crippen molar-refractivity contribution in [1.29, 1.82) is 0 Å². The third kappa shape index (κ3) is 5.68. The second-order valence-corrected chi connectivity index (χ2v) is 5.90. The van der Waals surface area contributed by atoms with E-state index in [1.165, 1.54) is 0 Å². The first-order chi connectivity index (χ1) is 12.2. The van der Waals surface area contributed by atoms with Gasteiger partial charge in [0.15, 0.2) is 6.61 Å². The molecule has 142 valence electrons. The molecule has 0 unspecified atom stereocenters. The zero-order valence-electron chi connectivity index (χ0n) is 14.4. The van der Waals surface area contributed by atoms with Crippen LogP contribution in [0.25, 0.3) is 10.9 Å². The molecular weight excluding hydrogens is 351 g/mol. The number of alkyl halides is 3. The smallest absolute Gasteiger partial charge is 0.422 e. The van der Waals surface area contributed by atoms with Gasteiger partial charge in [-0.05, 0) is 37.1 Å². The van der Waals surface area contributed by atoms with Crippen molar-refractivity contribution in [3.05, 3.63) is 35.0 Å². The number of carbonyl (C=O) groups excluding carboxylic acids is 2. The van der Waals surface area contributed by atoms with Crippen molar-refractivity contribution in [3.8, 4) is 0 Å². The van der Waals surface area contributed by atoms with Crippen molar-refractivity contribution < 1.29 is 27.5 Å². The number of aryl methyl sites for hydroxylation is 2. The number of aromatic amines is 1. The molecule has 0 aliphatic rings. The van der Waals surface area contributed by atoms with Gasteiger partial charge in [0.2, 0.25) is 5.91 Å². The number of benzene rings is 1. The second-order valence-electron chi connectivity index (χ2n) is 5.90. The number of ether oxygens (including phenoxy) is 1. The summed E-state index contributed by atoms with van der Waals surface area (Å²) in [5.41, 5.74) is 4.18. The van der Waals surface area contributed by atoms with Gasteiger partial charge < -0.3 is 20.4 Å². The molecular formula is C17H20F3N3O3. The molecule has 26 heavy (non-hydrogen) atoms. The summed E-state index contributed by atoms with van der Waals surface area (Å²) in [6.45, 7) is 2.55. The molecule has 6 nitrogen and oxygen atoms in total. The predicted molar refractivity (Wildman–Crippen MR) is 89.6 cm³/mol. The number of H-pyrrole nitrogens is 1. The molecule has 0 fully saturated rings. The van der Waals surface area contributed by atoms with E-state index in [9.17, 15) is 22.8 Å². The fourth-order valence-electron chi connectivity index (χ4n) is 2.38. The number of amides is 2. The average Bonchev–Trinajstić information content (AvgIpc) is 2.85. The SMILES string of the molecule is Cc1[nH]c2ccc(CNC(=O)CCNC(=O)OCC(F)(F)F)cc2c1C. The van der Waals surface area contributed by atoms with Crippen LogP contribution < -0.4 is 10.6 Å². The fraction of sp³-hybridized carbons (Fsp3) is 0.412. The first-order valence-electron chi connectivity index (χ1n) is 7.97. The van der Waals surface area contributed by atoms with Crippen LogP contribution in [-0.4, -0.2) is 36.3 Å². The van der Waals surface area contributed by atoms with Gasteiger partial charge >= 0.3 is 12.3 Å². The lowest BCUT2D eigenvalue weighted by Gasteiger charge is -2.09. The number of carbonyl (C=O) groups is 2. The molecule has 0 aliphatic carbocycles. The summed E-state index contributed by atoms with van der Waals surface area (Å²) in [5.74, 6) is -0.330. The van der Waals surface area contributed by atoms with Crippen LogP contribution in [0.1, 0.15) is 23.2 Å². The molecule has 0 aliphatic heterocycles. The van der Waals surface area contributed by atoms with E-state index in [0.717, 1.165) is 27.7 Å². The number of fused-ring (bicyclic) bond motifs is 1. The Hall–Kier alpha value is -2.71. The molecule has 2 amide bonds. The first kappa shape index (κ1) is 19.6. The lowest BCUT2D eigenvalue weighted by atomic mass is 10.1. The van der Waals surface area contributed by atoms with Crippen molar-refractivity contribution in [2.75, 3.05) is 13.2 Å². The van der Waals surface area contributed by atoms with Gasteiger partial charge in [0.05, 0.1) is 0 Å². The maximum absolute atomic E-state index is 11.9. The summed E-state index contributed by atoms with van der Waals surface area (Å²) in [6, 6.07) is 5.82. The summed E-state index contributed by atoms with van der Waals surface area (Å²) in [4.78, 5) is 26.1. The summed E-state index contributed by atoms with van der Waals surface area (Å²) in [7, 11) is 0. The molecule has 2 aromatic rings. The molecule has 0 saturated heterocycles. The lowest BCUT2D eigenvalue weighted by Crippen LogP contribution is -2.32. The number of alkyl carbamates (subject to hydrolysis) is 1. The Labute approximate surface area is 148 Å². The summed E-state index contributed by atoms with van der Waals surface area (Å²) in [6.07, 6.45) is -5.85. The first-order valence-corrected chi connectivity index (χ1v) is 7.97. The normalized spacial score (nSPS) is 11.4. The molecule has 1 aromatic heterocycles. The van der Waals surface area contributed by atoms with Gasteiger partial charge in [-0.15, -0.1) is 0 Å². The molecule has 3 N–H and O–H groups in total. The average molecular weight is 371 g/mol. The number of halogens is 3. The summed E-state index contributed by atoms with van der Waals surface area (Å²) in [5, 5.41) is 5.88. The third-order valence-corrected chi connectivity index (χ3v) is 3.85. The molecule has 9 heteroatoms. The second kappa shape index (κ2) is 8.11. The molecule has 0 atom stereocenters. The number of rotatable bonds is 6. The predicted octanol–water partition coefficient (Wildman–Crippen LogP) is 3.08. The van der Waals surface area contributed by atoms with Crippen molar-refractivity contribution in [2.45, 2.75) is 33.0 Å². The Bertz CT molecular complexity index is 800. The highest BCUT2D eigenvalue weighted by molar-refractivity contribution is 5.85. The van der Waals surface area contributed by atoms with Crippen molar-refractivity contribution in [2.24, 2.45) is 0 Å². The van der Waals surface area contributed by atoms with Gasteiger partial charge in [-0.3, -0.25) is 4.79 Å². The van der Waals surface area contributed by atoms with E-state index in [1.54, 1.807) is 0 Å². The number of nitrogens with one attached hydrogen (secondary N) is 3. The van der Waals surface area contributed by atoms with Crippen molar-refractivity contribution >= 4 is 22.9 Å². The van der Waals surface area contributed by atoms with Gasteiger partial charge in [-0.2, -0.15) is 13.2 Å². The van der Waals surface area contributed by atoms with Crippen molar-refractivity contribution in [1.82, 2.24) is 15.6 Å². The summed E-state index contributed by atoms with van der Waals surface area (Å²) < 4.78 is 39.6. The zero-order chi connectivity index (χ0) is 19.3. The van der Waals surface area contributed by atoms with E-state index >= 15 is 0 Å². The maximum atomic E-state index is 11.9. The molecule has 0 saturated carbocycles. The Kier molecular flexibility index (Phi) is 6.12. The molecule has 2 rings (SSSR count). The monoisotopic (exact) mass is 371 g/mol. The van der Waals surface area contributed by atoms with Crippen LogP contribution in [0.5, 0.6) is 0 Å². The number of hydrogen-bond donors (Lipinski definition) is 3. The van der Waals surface area contributed by atoms with E-state index in [1.807, 2.05) is 32.0 Å². The zero-order valence-corrected chi connectivity index (χ0v) is 14.4. The Morgan fingerprint density at radius 2 is 1.92 bits per heavy atom. The van der Waals surface area contributed by atoms with Gasteiger partial charge in [0, 0.05) is 36.1 Å². The standard InChI is InChI=1S/C17H20F3N3O3/c1-10-11(2)23-14-4-3-12(7-13(10)14)8-22-15(24)5-6-21-16(25)26-9-17(18,19)20/h3-4,7,23H,5-6,8-9H2,1-2H3,(H,21,25)(H,22,24). The third-order valence-electron chi connectivity index (χ3n) is 3.85. The van der Waals surface area contributed by atoms with Crippen LogP contribution in [0.4, 0.5) is 18.0 Å². The van der Waals surface area contributed by atoms with E-state index in [0.29, 0.717) is 6.54 Å². The highest BCUT2D eigenvalue weighted by Crippen LogP contribution is 2.22. The molecule has 0 radical (unpaired) electrons. The Morgan fingerprint density at radius 3 is 2.62 bits per heavy atom. The maximum Gasteiger partial charge on any atom is 0.422 e. The molecule has 1 heterocycles. The largest absolute Gasteiger partial charge is 0.440 e. The van der Waals surface area contributed by atoms with E-state index in [2.05, 4.69) is 20.4 Å². The fourth-order valence-corrected chi connectivity index (χ4v) is 2.38. The van der Waals surface area contributed by atoms with Gasteiger partial charge in [0.25, 0.3) is 0 Å². The number of hydrogen-bond acceptors (Lipinski definition) is 3. The highest BCUT2D eigenvalue weighted by Gasteiger charge is 2.29. The lowest BCUT2D eigenvalue weighted by molar-refractivity contribution is -0.160.